The number of carbonyl (C=O) groups excluding carboxylic acids is 1. The molecule has 0 bridgehead atoms. The number of hydrogen-bond donors (Lipinski definition) is 1. The summed E-state index contributed by atoms with van der Waals surface area (Å²) >= 11 is 0. The minimum absolute atomic E-state index is 0.461. The van der Waals surface area contributed by atoms with E-state index in [9.17, 15) is 4.79 Å². The van der Waals surface area contributed by atoms with Gasteiger partial charge in [-0.1, -0.05) is 6.92 Å². The molecule has 0 fully saturated rings. The van der Waals surface area contributed by atoms with Gasteiger partial charge >= 0.3 is 5.91 Å². The van der Waals surface area contributed by atoms with Gasteiger partial charge in [-0.05, 0) is 12.3 Å². The lowest BCUT2D eigenvalue weighted by Crippen LogP contribution is -2.36. The molecule has 0 unspecified atom stereocenters. The summed E-state index contributed by atoms with van der Waals surface area (Å²) in [5, 5.41) is 1.03. The highest BCUT2D eigenvalue weighted by molar-refractivity contribution is 5.92. The number of nitrogens with zero attached hydrogens (tertiary/aromatic N) is 1. The topological polar surface area (TPSA) is 46.3 Å². The second kappa shape index (κ2) is 3.93. The van der Waals surface area contributed by atoms with E-state index in [0.29, 0.717) is 6.54 Å². The monoisotopic (exact) mass is 126 g/mol. The third-order valence-corrected chi connectivity index (χ3v) is 0.849. The highest BCUT2D eigenvalue weighted by Gasteiger charge is 2.01. The first-order valence-electron chi connectivity index (χ1n) is 2.75. The Morgan fingerprint density at radius 1 is 1.89 bits per heavy atom. The SMILES string of the molecule is C#CC(=O)N(N)CCC. The molecular weight excluding hydrogens is 116 g/mol. The summed E-state index contributed by atoms with van der Waals surface area (Å²) in [5.74, 6) is 6.63. The minimum Gasteiger partial charge on any atom is -0.270 e. The second-order valence-corrected chi connectivity index (χ2v) is 1.64. The van der Waals surface area contributed by atoms with Crippen molar-refractivity contribution >= 4 is 5.91 Å². The number of carbonyl (C=O) groups is 1. The first-order valence-corrected chi connectivity index (χ1v) is 2.75. The van der Waals surface area contributed by atoms with Gasteiger partial charge in [0.05, 0.1) is 0 Å². The molecule has 3 nitrogen and oxygen atoms in total. The van der Waals surface area contributed by atoms with E-state index in [4.69, 9.17) is 12.3 Å². The molecule has 1 amide bonds. The Bertz CT molecular complexity index is 136. The van der Waals surface area contributed by atoms with Gasteiger partial charge < -0.3 is 0 Å². The van der Waals surface area contributed by atoms with Crippen LogP contribution in [-0.4, -0.2) is 17.5 Å². The number of rotatable bonds is 2. The van der Waals surface area contributed by atoms with Gasteiger partial charge in [0.2, 0.25) is 0 Å². The Morgan fingerprint density at radius 3 is 2.78 bits per heavy atom. The Hall–Kier alpha value is -1.01. The zero-order chi connectivity index (χ0) is 7.28. The second-order valence-electron chi connectivity index (χ2n) is 1.64. The van der Waals surface area contributed by atoms with Crippen LogP contribution in [0.25, 0.3) is 0 Å². The van der Waals surface area contributed by atoms with E-state index in [1.54, 1.807) is 0 Å². The molecule has 0 saturated carbocycles. The van der Waals surface area contributed by atoms with E-state index < -0.39 is 5.91 Å². The van der Waals surface area contributed by atoms with E-state index in [1.165, 1.54) is 0 Å². The van der Waals surface area contributed by atoms with Crippen LogP contribution in [0.2, 0.25) is 0 Å². The van der Waals surface area contributed by atoms with Crippen molar-refractivity contribution in [3.05, 3.63) is 0 Å². The van der Waals surface area contributed by atoms with Crippen molar-refractivity contribution in [3.63, 3.8) is 0 Å². The zero-order valence-electron chi connectivity index (χ0n) is 5.42. The van der Waals surface area contributed by atoms with Gasteiger partial charge in [-0.3, -0.25) is 9.80 Å². The van der Waals surface area contributed by atoms with E-state index in [2.05, 4.69) is 0 Å². The van der Waals surface area contributed by atoms with Gasteiger partial charge in [0.15, 0.2) is 0 Å². The fourth-order valence-corrected chi connectivity index (χ4v) is 0.425. The fraction of sp³-hybridized carbons (Fsp3) is 0.500. The van der Waals surface area contributed by atoms with Crippen LogP contribution in [0.1, 0.15) is 13.3 Å². The molecule has 0 aromatic heterocycles. The molecule has 0 aliphatic carbocycles. The van der Waals surface area contributed by atoms with Crippen molar-refractivity contribution in [2.45, 2.75) is 13.3 Å². The van der Waals surface area contributed by atoms with Gasteiger partial charge in [0.25, 0.3) is 0 Å². The van der Waals surface area contributed by atoms with Gasteiger partial charge in [-0.15, -0.1) is 6.42 Å². The molecule has 0 atom stereocenters. The maximum absolute atomic E-state index is 10.5. The summed E-state index contributed by atoms with van der Waals surface area (Å²) in [7, 11) is 0. The third-order valence-electron chi connectivity index (χ3n) is 0.849. The number of terminal acetylenes is 1. The Kier molecular flexibility index (Phi) is 3.49. The lowest BCUT2D eigenvalue weighted by Gasteiger charge is -2.10. The summed E-state index contributed by atoms with van der Waals surface area (Å²) < 4.78 is 0. The Labute approximate surface area is 54.8 Å². The number of nitrogens with two attached hydrogens (primary N) is 1. The molecule has 0 radical (unpaired) electrons. The summed E-state index contributed by atoms with van der Waals surface area (Å²) in [6, 6.07) is 0. The molecular formula is C6H10N2O. The van der Waals surface area contributed by atoms with Crippen molar-refractivity contribution in [1.29, 1.82) is 0 Å². The summed E-state index contributed by atoms with van der Waals surface area (Å²) in [5.41, 5.74) is 0. The van der Waals surface area contributed by atoms with Crippen molar-refractivity contribution in [2.24, 2.45) is 5.84 Å². The first-order chi connectivity index (χ1) is 4.22. The zero-order valence-corrected chi connectivity index (χ0v) is 5.42. The summed E-state index contributed by atoms with van der Waals surface area (Å²) in [4.78, 5) is 10.5. The molecule has 0 rings (SSSR count). The van der Waals surface area contributed by atoms with Crippen LogP contribution in [0.3, 0.4) is 0 Å². The molecule has 0 aromatic rings. The molecule has 0 aliphatic rings. The maximum Gasteiger partial charge on any atom is 0.312 e. The molecule has 0 spiro atoms. The maximum atomic E-state index is 10.5. The van der Waals surface area contributed by atoms with E-state index in [1.807, 2.05) is 12.8 Å². The van der Waals surface area contributed by atoms with E-state index >= 15 is 0 Å². The highest BCUT2D eigenvalue weighted by Crippen LogP contribution is 1.81. The van der Waals surface area contributed by atoms with Gasteiger partial charge in [0, 0.05) is 6.54 Å². The van der Waals surface area contributed by atoms with Gasteiger partial charge in [-0.25, -0.2) is 5.84 Å². The molecule has 2 N–H and O–H groups in total. The Balaban J connectivity index is 3.62. The molecule has 50 valence electrons. The van der Waals surface area contributed by atoms with Crippen molar-refractivity contribution in [2.75, 3.05) is 6.54 Å². The van der Waals surface area contributed by atoms with Crippen LogP contribution in [0.5, 0.6) is 0 Å². The molecule has 9 heavy (non-hydrogen) atoms. The smallest absolute Gasteiger partial charge is 0.270 e. The van der Waals surface area contributed by atoms with Crippen LogP contribution in [0, 0.1) is 12.3 Å². The van der Waals surface area contributed by atoms with Crippen LogP contribution in [0.15, 0.2) is 0 Å². The summed E-state index contributed by atoms with van der Waals surface area (Å²) in [6.45, 7) is 2.44. The number of hydrogen-bond acceptors (Lipinski definition) is 2. The molecule has 0 aromatic carbocycles. The number of amides is 1. The van der Waals surface area contributed by atoms with Crippen molar-refractivity contribution in [3.8, 4) is 12.3 Å². The largest absolute Gasteiger partial charge is 0.312 e. The molecule has 0 heterocycles. The lowest BCUT2D eigenvalue weighted by molar-refractivity contribution is -0.125. The van der Waals surface area contributed by atoms with Crippen LogP contribution < -0.4 is 5.84 Å². The van der Waals surface area contributed by atoms with Crippen molar-refractivity contribution < 1.29 is 4.79 Å². The normalized spacial score (nSPS) is 8.11. The van der Waals surface area contributed by atoms with Crippen LogP contribution >= 0.6 is 0 Å². The van der Waals surface area contributed by atoms with Crippen LogP contribution in [0.4, 0.5) is 0 Å². The lowest BCUT2D eigenvalue weighted by atomic mass is 10.4. The number of hydrazine groups is 1. The van der Waals surface area contributed by atoms with Gasteiger partial charge in [-0.2, -0.15) is 0 Å². The molecule has 0 saturated heterocycles. The minimum atomic E-state index is -0.461. The fourth-order valence-electron chi connectivity index (χ4n) is 0.425. The summed E-state index contributed by atoms with van der Waals surface area (Å²) in [6.07, 6.45) is 5.61. The highest BCUT2D eigenvalue weighted by atomic mass is 16.2. The quantitative estimate of drug-likeness (QED) is 0.239. The standard InChI is InChI=1S/C6H10N2O/c1-3-5-8(7)6(9)4-2/h2H,3,5,7H2,1H3. The van der Waals surface area contributed by atoms with Gasteiger partial charge in [0.1, 0.15) is 0 Å². The predicted molar refractivity (Wildman–Crippen MR) is 35.0 cm³/mol. The molecule has 0 aliphatic heterocycles. The average Bonchev–Trinajstić information content (AvgIpc) is 1.87. The average molecular weight is 126 g/mol. The third kappa shape index (κ3) is 2.73. The predicted octanol–water partition coefficient (Wildman–Crippen LogP) is -0.268. The molecule has 3 heteroatoms. The first kappa shape index (κ1) is 7.99. The van der Waals surface area contributed by atoms with Crippen molar-refractivity contribution in [1.82, 2.24) is 5.01 Å². The Morgan fingerprint density at radius 2 is 2.44 bits per heavy atom. The van der Waals surface area contributed by atoms with E-state index in [0.717, 1.165) is 11.4 Å². The van der Waals surface area contributed by atoms with E-state index in [-0.39, 0.29) is 0 Å². The van der Waals surface area contributed by atoms with Crippen LogP contribution in [-0.2, 0) is 4.79 Å².